The van der Waals surface area contributed by atoms with Crippen LogP contribution in [0.25, 0.3) is 0 Å². The van der Waals surface area contributed by atoms with Crippen LogP contribution < -0.4 is 5.73 Å². The molecule has 0 unspecified atom stereocenters. The van der Waals surface area contributed by atoms with Crippen molar-refractivity contribution < 1.29 is 4.39 Å². The van der Waals surface area contributed by atoms with Gasteiger partial charge in [0.1, 0.15) is 11.9 Å². The minimum atomic E-state index is -0.472. The Labute approximate surface area is 101 Å². The zero-order chi connectivity index (χ0) is 10.8. The van der Waals surface area contributed by atoms with Crippen molar-refractivity contribution >= 4 is 12.4 Å². The molecule has 0 amide bonds. The number of hydrogen-bond acceptors (Lipinski definition) is 2. The van der Waals surface area contributed by atoms with Crippen LogP contribution in [0.5, 0.6) is 0 Å². The van der Waals surface area contributed by atoms with Gasteiger partial charge in [-0.15, -0.1) is 12.4 Å². The van der Waals surface area contributed by atoms with E-state index in [-0.39, 0.29) is 24.0 Å². The molecule has 16 heavy (non-hydrogen) atoms. The molecule has 0 aromatic heterocycles. The summed E-state index contributed by atoms with van der Waals surface area (Å²) in [6.07, 6.45) is 3.44. The highest BCUT2D eigenvalue weighted by molar-refractivity contribution is 5.85. The highest BCUT2D eigenvalue weighted by Gasteiger charge is 2.24. The van der Waals surface area contributed by atoms with Gasteiger partial charge >= 0.3 is 0 Å². The fourth-order valence-electron chi connectivity index (χ4n) is 1.71. The second-order valence-electron chi connectivity index (χ2n) is 4.14. The van der Waals surface area contributed by atoms with E-state index < -0.39 is 5.82 Å². The minimum absolute atomic E-state index is 0. The highest BCUT2D eigenvalue weighted by Crippen LogP contribution is 2.36. The smallest absolute Gasteiger partial charge is 0.140 e. The van der Waals surface area contributed by atoms with Gasteiger partial charge in [-0.2, -0.15) is 5.26 Å². The molecule has 86 valence electrons. The zero-order valence-corrected chi connectivity index (χ0v) is 9.64. The van der Waals surface area contributed by atoms with E-state index in [0.29, 0.717) is 0 Å². The van der Waals surface area contributed by atoms with E-state index >= 15 is 0 Å². The van der Waals surface area contributed by atoms with E-state index in [2.05, 4.69) is 0 Å². The van der Waals surface area contributed by atoms with Crippen molar-refractivity contribution in [2.75, 3.05) is 0 Å². The third-order valence-corrected chi connectivity index (χ3v) is 2.82. The predicted octanol–water partition coefficient (Wildman–Crippen LogP) is 2.92. The topological polar surface area (TPSA) is 49.8 Å². The first kappa shape index (κ1) is 13.0. The lowest BCUT2D eigenvalue weighted by molar-refractivity contribution is 0.590. The Kier molecular flexibility index (Phi) is 4.28. The predicted molar refractivity (Wildman–Crippen MR) is 62.6 cm³/mol. The first-order valence-corrected chi connectivity index (χ1v) is 5.16. The van der Waals surface area contributed by atoms with Gasteiger partial charge in [-0.05, 0) is 30.0 Å². The second kappa shape index (κ2) is 5.29. The number of halogens is 2. The average Bonchev–Trinajstić information content (AvgIpc) is 3.02. The lowest BCUT2D eigenvalue weighted by atomic mass is 10.00. The summed E-state index contributed by atoms with van der Waals surface area (Å²) in [5.41, 5.74) is 6.92. The maximum absolute atomic E-state index is 13.0. The Balaban J connectivity index is 0.00000128. The molecule has 0 saturated heterocycles. The number of benzene rings is 1. The first-order chi connectivity index (χ1) is 7.20. The number of nitrogens with two attached hydrogens (primary N) is 1. The van der Waals surface area contributed by atoms with Gasteiger partial charge in [-0.3, -0.25) is 0 Å². The number of nitriles is 1. The third kappa shape index (κ3) is 2.94. The van der Waals surface area contributed by atoms with E-state index in [9.17, 15) is 4.39 Å². The van der Waals surface area contributed by atoms with Crippen molar-refractivity contribution in [3.8, 4) is 6.07 Å². The summed E-state index contributed by atoms with van der Waals surface area (Å²) in [6, 6.07) is 6.31. The molecule has 1 aromatic rings. The Morgan fingerprint density at radius 3 is 2.75 bits per heavy atom. The molecule has 1 fully saturated rings. The van der Waals surface area contributed by atoms with Gasteiger partial charge in [0.15, 0.2) is 0 Å². The molecular formula is C12H14ClFN2. The SMILES string of the molecule is Cl.N#Cc1cc([C@H](N)CC2CC2)ccc1F. The van der Waals surface area contributed by atoms with Gasteiger partial charge in [0, 0.05) is 6.04 Å². The summed E-state index contributed by atoms with van der Waals surface area (Å²) >= 11 is 0. The summed E-state index contributed by atoms with van der Waals surface area (Å²) in [5, 5.41) is 8.69. The molecule has 1 aromatic carbocycles. The first-order valence-electron chi connectivity index (χ1n) is 5.16. The van der Waals surface area contributed by atoms with Gasteiger partial charge in [-0.1, -0.05) is 18.9 Å². The summed E-state index contributed by atoms with van der Waals surface area (Å²) in [5.74, 6) is 0.260. The molecule has 0 bridgehead atoms. The van der Waals surface area contributed by atoms with E-state index in [1.807, 2.05) is 6.07 Å². The van der Waals surface area contributed by atoms with Gasteiger partial charge in [0.05, 0.1) is 5.56 Å². The van der Waals surface area contributed by atoms with E-state index in [0.717, 1.165) is 17.9 Å². The van der Waals surface area contributed by atoms with Crippen LogP contribution in [0.15, 0.2) is 18.2 Å². The van der Waals surface area contributed by atoms with Crippen molar-refractivity contribution in [1.82, 2.24) is 0 Å². The fraction of sp³-hybridized carbons (Fsp3) is 0.417. The number of rotatable bonds is 3. The molecule has 0 aliphatic heterocycles. The molecule has 1 atom stereocenters. The molecule has 2 nitrogen and oxygen atoms in total. The molecule has 4 heteroatoms. The van der Waals surface area contributed by atoms with Crippen LogP contribution in [0.2, 0.25) is 0 Å². The normalized spacial score (nSPS) is 16.1. The van der Waals surface area contributed by atoms with Gasteiger partial charge in [-0.25, -0.2) is 4.39 Å². The number of hydrogen-bond donors (Lipinski definition) is 1. The standard InChI is InChI=1S/C12H13FN2.ClH/c13-11-4-3-9(6-10(11)7-14)12(15)5-8-1-2-8;/h3-4,6,8,12H,1-2,5,15H2;1H/t12-;/m1./s1. The molecule has 1 aliphatic carbocycles. The Morgan fingerprint density at radius 2 is 2.19 bits per heavy atom. The van der Waals surface area contributed by atoms with Crippen LogP contribution in [0.3, 0.4) is 0 Å². The minimum Gasteiger partial charge on any atom is -0.324 e. The van der Waals surface area contributed by atoms with Crippen molar-refractivity contribution in [2.45, 2.75) is 25.3 Å². The molecule has 1 aliphatic rings. The average molecular weight is 241 g/mol. The van der Waals surface area contributed by atoms with Crippen LogP contribution >= 0.6 is 12.4 Å². The summed E-state index contributed by atoms with van der Waals surface area (Å²) in [4.78, 5) is 0. The molecule has 1 saturated carbocycles. The van der Waals surface area contributed by atoms with Gasteiger partial charge in [0.2, 0.25) is 0 Å². The molecule has 0 radical (unpaired) electrons. The zero-order valence-electron chi connectivity index (χ0n) is 8.82. The molecule has 0 spiro atoms. The maximum atomic E-state index is 13.0. The summed E-state index contributed by atoms with van der Waals surface area (Å²) in [7, 11) is 0. The molecular weight excluding hydrogens is 227 g/mol. The van der Waals surface area contributed by atoms with Gasteiger partial charge < -0.3 is 5.73 Å². The van der Waals surface area contributed by atoms with E-state index in [4.69, 9.17) is 11.0 Å². The highest BCUT2D eigenvalue weighted by atomic mass is 35.5. The largest absolute Gasteiger partial charge is 0.324 e. The Morgan fingerprint density at radius 1 is 1.50 bits per heavy atom. The van der Waals surface area contributed by atoms with E-state index in [1.165, 1.54) is 18.9 Å². The van der Waals surface area contributed by atoms with Crippen LogP contribution in [-0.4, -0.2) is 0 Å². The van der Waals surface area contributed by atoms with Crippen molar-refractivity contribution in [3.05, 3.63) is 35.1 Å². The summed E-state index contributed by atoms with van der Waals surface area (Å²) in [6.45, 7) is 0. The monoisotopic (exact) mass is 240 g/mol. The maximum Gasteiger partial charge on any atom is 0.140 e. The van der Waals surface area contributed by atoms with Crippen LogP contribution in [0.4, 0.5) is 4.39 Å². The lowest BCUT2D eigenvalue weighted by Gasteiger charge is -2.11. The van der Waals surface area contributed by atoms with Crippen LogP contribution in [-0.2, 0) is 0 Å². The van der Waals surface area contributed by atoms with E-state index in [1.54, 1.807) is 12.1 Å². The van der Waals surface area contributed by atoms with Crippen molar-refractivity contribution in [3.63, 3.8) is 0 Å². The van der Waals surface area contributed by atoms with Crippen molar-refractivity contribution in [1.29, 1.82) is 5.26 Å². The third-order valence-electron chi connectivity index (χ3n) is 2.82. The summed E-state index contributed by atoms with van der Waals surface area (Å²) < 4.78 is 13.0. The fourth-order valence-corrected chi connectivity index (χ4v) is 1.71. The molecule has 2 N–H and O–H groups in total. The lowest BCUT2D eigenvalue weighted by Crippen LogP contribution is -2.11. The van der Waals surface area contributed by atoms with Gasteiger partial charge in [0.25, 0.3) is 0 Å². The number of nitrogens with zero attached hydrogens (tertiary/aromatic N) is 1. The van der Waals surface area contributed by atoms with Crippen molar-refractivity contribution in [2.24, 2.45) is 11.7 Å². The molecule has 0 heterocycles. The Hall–Kier alpha value is -1.11. The molecule has 2 rings (SSSR count). The second-order valence-corrected chi connectivity index (χ2v) is 4.14. The quantitative estimate of drug-likeness (QED) is 0.883. The Bertz CT molecular complexity index is 410. The van der Waals surface area contributed by atoms with Crippen LogP contribution in [0.1, 0.15) is 36.4 Å². The van der Waals surface area contributed by atoms with Crippen LogP contribution in [0, 0.1) is 23.1 Å².